The zero-order chi connectivity index (χ0) is 14.1. The summed E-state index contributed by atoms with van der Waals surface area (Å²) in [6.45, 7) is 7.27. The molecule has 0 fully saturated rings. The molecule has 0 saturated heterocycles. The lowest BCUT2D eigenvalue weighted by Crippen LogP contribution is -2.13. The number of rotatable bonds is 1. The summed E-state index contributed by atoms with van der Waals surface area (Å²) in [5.74, 6) is 0. The molecule has 0 unspecified atom stereocenters. The number of hydrogen-bond acceptors (Lipinski definition) is 3. The van der Waals surface area contributed by atoms with E-state index in [-0.39, 0.29) is 11.4 Å². The number of diazo groups is 1. The Morgan fingerprint density at radius 3 is 2.39 bits per heavy atom. The molecular weight excluding hydrogens is 364 g/mol. The normalized spacial score (nSPS) is 12.4. The van der Waals surface area contributed by atoms with Crippen molar-refractivity contribution in [2.45, 2.75) is 33.2 Å². The Kier molecular flexibility index (Phi) is 4.46. The van der Waals surface area contributed by atoms with E-state index in [1.807, 2.05) is 27.7 Å². The van der Waals surface area contributed by atoms with Gasteiger partial charge in [-0.1, -0.05) is 15.9 Å². The summed E-state index contributed by atoms with van der Waals surface area (Å²) >= 11 is 6.65. The van der Waals surface area contributed by atoms with Crippen LogP contribution < -0.4 is 0 Å². The van der Waals surface area contributed by atoms with E-state index in [1.165, 1.54) is 0 Å². The summed E-state index contributed by atoms with van der Waals surface area (Å²) in [7, 11) is 0. The van der Waals surface area contributed by atoms with Crippen LogP contribution in [-0.4, -0.2) is 10.4 Å². The first-order valence-electron chi connectivity index (χ1n) is 5.21. The Morgan fingerprint density at radius 1 is 1.39 bits per heavy atom. The molecule has 0 spiro atoms. The molecule has 0 saturated carbocycles. The van der Waals surface area contributed by atoms with E-state index in [4.69, 9.17) is 5.39 Å². The van der Waals surface area contributed by atoms with Gasteiger partial charge in [0.25, 0.3) is 0 Å². The molecule has 0 aliphatic rings. The molecular formula is C11H13Br2N4O+. The van der Waals surface area contributed by atoms with Crippen LogP contribution in [0.2, 0.25) is 0 Å². The molecule has 18 heavy (non-hydrogen) atoms. The number of azo groups is 1. The number of hydrogen-bond donors (Lipinski definition) is 0. The maximum Gasteiger partial charge on any atom is 0.473 e. The fraction of sp³-hybridized carbons (Fsp3) is 0.455. The van der Waals surface area contributed by atoms with E-state index in [1.54, 1.807) is 6.07 Å². The van der Waals surface area contributed by atoms with Crippen molar-refractivity contribution >= 4 is 43.2 Å². The molecule has 0 bridgehead atoms. The molecule has 1 rings (SSSR count). The van der Waals surface area contributed by atoms with Crippen LogP contribution in [0.25, 0.3) is 4.98 Å². The van der Waals surface area contributed by atoms with Gasteiger partial charge in [-0.25, -0.2) is 0 Å². The molecule has 0 N–H and O–H groups in total. The van der Waals surface area contributed by atoms with Gasteiger partial charge in [-0.15, -0.1) is 0 Å². The first kappa shape index (κ1) is 15.1. The fourth-order valence-corrected chi connectivity index (χ4v) is 2.44. The van der Waals surface area contributed by atoms with Gasteiger partial charge in [-0.05, 0) is 59.2 Å². The van der Waals surface area contributed by atoms with Crippen molar-refractivity contribution in [3.63, 3.8) is 0 Å². The Balaban J connectivity index is 3.53. The van der Waals surface area contributed by atoms with E-state index in [0.29, 0.717) is 9.33 Å². The van der Waals surface area contributed by atoms with Crippen LogP contribution in [0.3, 0.4) is 0 Å². The predicted molar refractivity (Wildman–Crippen MR) is 76.8 cm³/mol. The van der Waals surface area contributed by atoms with Gasteiger partial charge >= 0.3 is 11.4 Å². The van der Waals surface area contributed by atoms with E-state index in [0.717, 1.165) is 10.0 Å². The molecule has 96 valence electrons. The average Bonchev–Trinajstić information content (AvgIpc) is 2.23. The van der Waals surface area contributed by atoms with Gasteiger partial charge in [0.2, 0.25) is 5.39 Å². The second kappa shape index (κ2) is 5.33. The van der Waals surface area contributed by atoms with Crippen LogP contribution in [0.5, 0.6) is 0 Å². The Labute approximate surface area is 122 Å². The smallest absolute Gasteiger partial charge is 0.473 e. The Hall–Kier alpha value is -1.00. The molecule has 0 heterocycles. The van der Waals surface area contributed by atoms with E-state index in [9.17, 15) is 5.21 Å². The second-order valence-corrected chi connectivity index (χ2v) is 6.46. The predicted octanol–water partition coefficient (Wildman–Crippen LogP) is 5.40. The first-order chi connectivity index (χ1) is 8.17. The summed E-state index contributed by atoms with van der Waals surface area (Å²) in [6, 6.07) is 1.58. The minimum absolute atomic E-state index is 0.165. The third kappa shape index (κ3) is 3.27. The standard InChI is InChI=1S/C11H13Br2N4O/c1-6-7(12)5-8(10(15-14)9(6)13)17(18)16-11(2,3)4/h5H,1-4H3/q+1. The van der Waals surface area contributed by atoms with Crippen molar-refractivity contribution in [2.75, 3.05) is 0 Å². The molecule has 0 amide bonds. The average molecular weight is 377 g/mol. The maximum atomic E-state index is 12.0. The molecule has 1 aromatic carbocycles. The van der Waals surface area contributed by atoms with Gasteiger partial charge < -0.3 is 5.21 Å². The number of halogens is 2. The van der Waals surface area contributed by atoms with Crippen molar-refractivity contribution in [3.05, 3.63) is 30.8 Å². The molecule has 0 aromatic heterocycles. The summed E-state index contributed by atoms with van der Waals surface area (Å²) in [4.78, 5) is 3.63. The zero-order valence-electron chi connectivity index (χ0n) is 10.5. The topological polar surface area (TPSA) is 66.6 Å². The zero-order valence-corrected chi connectivity index (χ0v) is 13.7. The summed E-state index contributed by atoms with van der Waals surface area (Å²) in [5, 5.41) is 25.0. The highest BCUT2D eigenvalue weighted by atomic mass is 79.9. The van der Waals surface area contributed by atoms with Crippen LogP contribution in [0.4, 0.5) is 11.4 Å². The third-order valence-corrected chi connectivity index (χ3v) is 3.89. The lowest BCUT2D eigenvalue weighted by atomic mass is 10.1. The monoisotopic (exact) mass is 375 g/mol. The third-order valence-electron chi connectivity index (χ3n) is 2.10. The molecule has 0 aliphatic heterocycles. The van der Waals surface area contributed by atoms with Crippen LogP contribution >= 0.6 is 31.9 Å². The van der Waals surface area contributed by atoms with Crippen molar-refractivity contribution in [2.24, 2.45) is 5.11 Å². The van der Waals surface area contributed by atoms with E-state index in [2.05, 4.69) is 42.0 Å². The molecule has 5 nitrogen and oxygen atoms in total. The largest absolute Gasteiger partial charge is 0.594 e. The van der Waals surface area contributed by atoms with E-state index < -0.39 is 5.54 Å². The van der Waals surface area contributed by atoms with Gasteiger partial charge in [0.1, 0.15) is 10.0 Å². The highest BCUT2D eigenvalue weighted by Crippen LogP contribution is 2.41. The van der Waals surface area contributed by atoms with Gasteiger partial charge in [-0.3, -0.25) is 0 Å². The SMILES string of the molecule is Cc1c(Br)cc([N+]([O-])=NC(C)(C)C)c([N+]#N)c1Br. The molecule has 1 aromatic rings. The van der Waals surface area contributed by atoms with Gasteiger partial charge in [0.05, 0.1) is 0 Å². The van der Waals surface area contributed by atoms with Crippen LogP contribution in [0.1, 0.15) is 26.3 Å². The molecule has 0 atom stereocenters. The van der Waals surface area contributed by atoms with Gasteiger partial charge in [0, 0.05) is 10.5 Å². The highest BCUT2D eigenvalue weighted by Gasteiger charge is 2.31. The van der Waals surface area contributed by atoms with Crippen molar-refractivity contribution in [1.29, 1.82) is 5.39 Å². The molecule has 0 aliphatic carbocycles. The first-order valence-corrected chi connectivity index (χ1v) is 6.79. The minimum Gasteiger partial charge on any atom is -0.594 e. The Morgan fingerprint density at radius 2 is 1.94 bits per heavy atom. The summed E-state index contributed by atoms with van der Waals surface area (Å²) in [6.07, 6.45) is 0. The summed E-state index contributed by atoms with van der Waals surface area (Å²) in [5.41, 5.74) is 0.671. The maximum absolute atomic E-state index is 12.0. The van der Waals surface area contributed by atoms with Gasteiger partial charge in [0.15, 0.2) is 4.98 Å². The lowest BCUT2D eigenvalue weighted by Gasteiger charge is -2.09. The van der Waals surface area contributed by atoms with Crippen LogP contribution in [-0.2, 0) is 0 Å². The van der Waals surface area contributed by atoms with Crippen molar-refractivity contribution in [3.8, 4) is 0 Å². The molecule has 7 heteroatoms. The van der Waals surface area contributed by atoms with E-state index >= 15 is 0 Å². The lowest BCUT2D eigenvalue weighted by molar-refractivity contribution is -0.448. The fourth-order valence-electron chi connectivity index (χ4n) is 1.26. The van der Waals surface area contributed by atoms with Crippen LogP contribution in [0, 0.1) is 17.5 Å². The molecule has 0 radical (unpaired) electrons. The van der Waals surface area contributed by atoms with Crippen LogP contribution in [0.15, 0.2) is 20.1 Å². The van der Waals surface area contributed by atoms with Crippen molar-refractivity contribution in [1.82, 2.24) is 0 Å². The number of nitrogens with zero attached hydrogens (tertiary/aromatic N) is 4. The van der Waals surface area contributed by atoms with Crippen molar-refractivity contribution < 1.29 is 4.86 Å². The van der Waals surface area contributed by atoms with Gasteiger partial charge in [-0.2, -0.15) is 0 Å². The highest BCUT2D eigenvalue weighted by molar-refractivity contribution is 9.11. The quantitative estimate of drug-likeness (QED) is 0.285. The summed E-state index contributed by atoms with van der Waals surface area (Å²) < 4.78 is 1.29. The second-order valence-electron chi connectivity index (χ2n) is 4.81. The minimum atomic E-state index is -0.516. The Bertz CT molecular complexity index is 556. The number of benzene rings is 1.